The van der Waals surface area contributed by atoms with Gasteiger partial charge in [0.2, 0.25) is 0 Å². The molecule has 1 aliphatic heterocycles. The van der Waals surface area contributed by atoms with Crippen molar-refractivity contribution in [2.45, 2.75) is 57.3 Å². The number of carbonyl (C=O) groups excluding carboxylic acids is 1. The third-order valence-electron chi connectivity index (χ3n) is 9.86. The van der Waals surface area contributed by atoms with Gasteiger partial charge in [-0.25, -0.2) is 0 Å². The molecule has 4 nitrogen and oxygen atoms in total. The highest BCUT2D eigenvalue weighted by Crippen LogP contribution is 2.81. The number of hydrogen-bond donors (Lipinski definition) is 2. The summed E-state index contributed by atoms with van der Waals surface area (Å²) < 4.78 is 0. The van der Waals surface area contributed by atoms with Crippen LogP contribution in [0.3, 0.4) is 0 Å². The van der Waals surface area contributed by atoms with E-state index in [-0.39, 0.29) is 28.6 Å². The Hall–Kier alpha value is -0.710. The van der Waals surface area contributed by atoms with Gasteiger partial charge in [-0.05, 0) is 43.2 Å². The molecule has 7 aliphatic rings. The third-order valence-corrected chi connectivity index (χ3v) is 9.86. The van der Waals surface area contributed by atoms with Gasteiger partial charge in [0, 0.05) is 47.6 Å². The van der Waals surface area contributed by atoms with Gasteiger partial charge in [0.1, 0.15) is 5.78 Å². The number of likely N-dealkylation sites (tertiary alicyclic amines) is 1. The van der Waals surface area contributed by atoms with Crippen molar-refractivity contribution in [2.24, 2.45) is 39.9 Å². The molecule has 0 aromatic heterocycles. The summed E-state index contributed by atoms with van der Waals surface area (Å²) in [5.41, 5.74) is 0.235. The molecule has 10 unspecified atom stereocenters. The van der Waals surface area contributed by atoms with Crippen LogP contribution in [0.5, 0.6) is 0 Å². The molecule has 2 N–H and O–H groups in total. The molecule has 6 bridgehead atoms. The standard InChI is InChI=1S/C21H29NO3/c1-10-11-7-12-17-20-6-4-5-19(2,9-22(17)3)15(20)13(23)8-21(12,18(10)25)16(20)14(11)24/h11-12,14-18,24-25H,1,4-9H2,2-3H3. The van der Waals surface area contributed by atoms with Crippen molar-refractivity contribution in [1.29, 1.82) is 0 Å². The summed E-state index contributed by atoms with van der Waals surface area (Å²) in [6, 6.07) is 0.338. The second-order valence-corrected chi connectivity index (χ2v) is 10.6. The fourth-order valence-electron chi connectivity index (χ4n) is 9.88. The van der Waals surface area contributed by atoms with Gasteiger partial charge < -0.3 is 15.1 Å². The van der Waals surface area contributed by atoms with Crippen LogP contribution in [-0.2, 0) is 4.79 Å². The smallest absolute Gasteiger partial charge is 0.137 e. The molecular formula is C21H29NO3. The topological polar surface area (TPSA) is 60.8 Å². The van der Waals surface area contributed by atoms with E-state index in [1.54, 1.807) is 0 Å². The Balaban J connectivity index is 1.68. The number of piperidine rings is 1. The number of nitrogens with zero attached hydrogens (tertiary/aromatic N) is 1. The number of hydrogen-bond acceptors (Lipinski definition) is 4. The molecule has 25 heavy (non-hydrogen) atoms. The molecule has 6 aliphatic carbocycles. The first kappa shape index (κ1) is 15.4. The van der Waals surface area contributed by atoms with Crippen molar-refractivity contribution in [1.82, 2.24) is 4.90 Å². The van der Waals surface area contributed by atoms with Crippen molar-refractivity contribution < 1.29 is 15.0 Å². The quantitative estimate of drug-likeness (QED) is 0.656. The Labute approximate surface area is 149 Å². The van der Waals surface area contributed by atoms with Crippen molar-refractivity contribution >= 4 is 5.78 Å². The molecule has 7 rings (SSSR count). The van der Waals surface area contributed by atoms with Gasteiger partial charge in [0.05, 0.1) is 12.2 Å². The van der Waals surface area contributed by atoms with Crippen molar-refractivity contribution in [3.8, 4) is 0 Å². The van der Waals surface area contributed by atoms with Gasteiger partial charge in [0.15, 0.2) is 0 Å². The van der Waals surface area contributed by atoms with E-state index < -0.39 is 17.6 Å². The van der Waals surface area contributed by atoms with Crippen LogP contribution in [0.1, 0.15) is 39.0 Å². The molecule has 1 heterocycles. The first-order chi connectivity index (χ1) is 11.8. The molecule has 0 radical (unpaired) electrons. The lowest BCUT2D eigenvalue weighted by Crippen LogP contribution is -2.71. The molecular weight excluding hydrogens is 314 g/mol. The Morgan fingerprint density at radius 1 is 1.24 bits per heavy atom. The minimum atomic E-state index is -0.615. The molecule has 7 fully saturated rings. The molecule has 136 valence electrons. The Morgan fingerprint density at radius 2 is 2.00 bits per heavy atom. The minimum absolute atomic E-state index is 0.0160. The van der Waals surface area contributed by atoms with Gasteiger partial charge in [-0.1, -0.05) is 19.9 Å². The summed E-state index contributed by atoms with van der Waals surface area (Å²) in [4.78, 5) is 16.0. The summed E-state index contributed by atoms with van der Waals surface area (Å²) in [5.74, 6) is 0.859. The van der Waals surface area contributed by atoms with E-state index in [1.165, 1.54) is 0 Å². The van der Waals surface area contributed by atoms with Crippen molar-refractivity contribution in [2.75, 3.05) is 13.6 Å². The van der Waals surface area contributed by atoms with Gasteiger partial charge in [0.25, 0.3) is 0 Å². The number of fused-ring (bicyclic) bond motifs is 1. The molecule has 10 atom stereocenters. The monoisotopic (exact) mass is 343 g/mol. The maximum atomic E-state index is 13.5. The fraction of sp³-hybridized carbons (Fsp3) is 0.857. The molecule has 1 saturated heterocycles. The predicted octanol–water partition coefficient (Wildman–Crippen LogP) is 1.61. The normalized spacial score (nSPS) is 64.7. The first-order valence-corrected chi connectivity index (χ1v) is 10.1. The lowest BCUT2D eigenvalue weighted by atomic mass is 9.38. The van der Waals surface area contributed by atoms with E-state index in [0.717, 1.165) is 37.8 Å². The van der Waals surface area contributed by atoms with E-state index in [9.17, 15) is 15.0 Å². The number of aliphatic hydroxyl groups is 2. The van der Waals surface area contributed by atoms with Crippen LogP contribution in [0.2, 0.25) is 0 Å². The van der Waals surface area contributed by atoms with Crippen LogP contribution in [-0.4, -0.2) is 52.7 Å². The van der Waals surface area contributed by atoms with E-state index in [1.807, 2.05) is 0 Å². The van der Waals surface area contributed by atoms with E-state index >= 15 is 0 Å². The highest BCUT2D eigenvalue weighted by atomic mass is 16.3. The summed E-state index contributed by atoms with van der Waals surface area (Å²) in [7, 11) is 2.23. The average Bonchev–Trinajstić information content (AvgIpc) is 2.63. The SMILES string of the molecule is C=C1C2CC3C4N(C)CC5(C)CCCC46C5C(=O)CC3(C1O)C6C2O. The third kappa shape index (κ3) is 1.27. The number of carbonyl (C=O) groups is 1. The zero-order valence-electron chi connectivity index (χ0n) is 15.2. The summed E-state index contributed by atoms with van der Waals surface area (Å²) in [6.07, 6.45) is 3.62. The van der Waals surface area contributed by atoms with Gasteiger partial charge >= 0.3 is 0 Å². The van der Waals surface area contributed by atoms with Crippen LogP contribution in [0.25, 0.3) is 0 Å². The Kier molecular flexibility index (Phi) is 2.50. The average molecular weight is 343 g/mol. The highest BCUT2D eigenvalue weighted by Gasteiger charge is 2.85. The number of ketones is 1. The fourth-order valence-corrected chi connectivity index (χ4v) is 9.88. The molecule has 0 aromatic rings. The van der Waals surface area contributed by atoms with Crippen LogP contribution in [0, 0.1) is 39.9 Å². The van der Waals surface area contributed by atoms with Gasteiger partial charge in [-0.2, -0.15) is 0 Å². The molecule has 4 heteroatoms. The minimum Gasteiger partial charge on any atom is -0.392 e. The van der Waals surface area contributed by atoms with Crippen LogP contribution in [0.4, 0.5) is 0 Å². The lowest BCUT2D eigenvalue weighted by molar-refractivity contribution is -0.221. The van der Waals surface area contributed by atoms with E-state index in [0.29, 0.717) is 24.2 Å². The molecule has 2 spiro atoms. The van der Waals surface area contributed by atoms with Crippen LogP contribution >= 0.6 is 0 Å². The number of aliphatic hydroxyl groups excluding tert-OH is 2. The highest BCUT2D eigenvalue weighted by molar-refractivity contribution is 5.86. The van der Waals surface area contributed by atoms with Gasteiger partial charge in [-0.3, -0.25) is 4.79 Å². The number of Topliss-reactive ketones (excluding diaryl/α,β-unsaturated/α-hetero) is 1. The second-order valence-electron chi connectivity index (χ2n) is 10.6. The Bertz CT molecular complexity index is 720. The second kappa shape index (κ2) is 4.07. The van der Waals surface area contributed by atoms with E-state index in [2.05, 4.69) is 25.5 Å². The molecule has 6 saturated carbocycles. The number of rotatable bonds is 0. The van der Waals surface area contributed by atoms with E-state index in [4.69, 9.17) is 0 Å². The zero-order valence-corrected chi connectivity index (χ0v) is 15.2. The van der Waals surface area contributed by atoms with Crippen LogP contribution < -0.4 is 0 Å². The van der Waals surface area contributed by atoms with Crippen LogP contribution in [0.15, 0.2) is 12.2 Å². The maximum Gasteiger partial charge on any atom is 0.137 e. The zero-order chi connectivity index (χ0) is 17.5. The summed E-state index contributed by atoms with van der Waals surface area (Å²) in [6.45, 7) is 7.44. The lowest BCUT2D eigenvalue weighted by Gasteiger charge is -2.67. The first-order valence-electron chi connectivity index (χ1n) is 10.1. The Morgan fingerprint density at radius 3 is 2.76 bits per heavy atom. The largest absolute Gasteiger partial charge is 0.392 e. The molecule has 0 amide bonds. The van der Waals surface area contributed by atoms with Crippen molar-refractivity contribution in [3.05, 3.63) is 12.2 Å². The summed E-state index contributed by atoms with van der Waals surface area (Å²) >= 11 is 0. The maximum absolute atomic E-state index is 13.5. The predicted molar refractivity (Wildman–Crippen MR) is 92.6 cm³/mol. The van der Waals surface area contributed by atoms with Crippen molar-refractivity contribution in [3.63, 3.8) is 0 Å². The molecule has 0 aromatic carbocycles. The van der Waals surface area contributed by atoms with Gasteiger partial charge in [-0.15, -0.1) is 0 Å². The summed E-state index contributed by atoms with van der Waals surface area (Å²) in [5, 5.41) is 22.7.